The molecule has 0 saturated heterocycles. The summed E-state index contributed by atoms with van der Waals surface area (Å²) in [5, 5.41) is 13.3. The van der Waals surface area contributed by atoms with E-state index >= 15 is 0 Å². The average molecular weight is 344 g/mol. The minimum absolute atomic E-state index is 0.148. The molecule has 1 heterocycles. The van der Waals surface area contributed by atoms with Crippen molar-refractivity contribution in [3.05, 3.63) is 30.0 Å². The van der Waals surface area contributed by atoms with Gasteiger partial charge in [-0.3, -0.25) is 9.59 Å². The molecule has 0 spiro atoms. The lowest BCUT2D eigenvalue weighted by atomic mass is 9.94. The van der Waals surface area contributed by atoms with Gasteiger partial charge >= 0.3 is 5.97 Å². The van der Waals surface area contributed by atoms with Crippen LogP contribution in [-0.2, 0) is 16.0 Å². The smallest absolute Gasteiger partial charge is 0.308 e. The molecule has 1 amide bonds. The third-order valence-electron chi connectivity index (χ3n) is 5.00. The van der Waals surface area contributed by atoms with Crippen LogP contribution in [0, 0.1) is 5.92 Å². The average Bonchev–Trinajstić information content (AvgIpc) is 2.85. The highest BCUT2D eigenvalue weighted by Gasteiger charge is 2.30. The van der Waals surface area contributed by atoms with Gasteiger partial charge in [0.1, 0.15) is 5.75 Å². The first kappa shape index (κ1) is 17.3. The molecule has 0 unspecified atom stereocenters. The number of aromatic nitrogens is 1. The number of carboxylic acids is 1. The zero-order valence-electron chi connectivity index (χ0n) is 14.4. The van der Waals surface area contributed by atoms with Crippen LogP contribution in [0.4, 0.5) is 0 Å². The number of hydrogen-bond donors (Lipinski definition) is 3. The number of nitrogens with one attached hydrogen (secondary N) is 2. The second-order valence-electron chi connectivity index (χ2n) is 6.63. The Morgan fingerprint density at radius 1 is 1.28 bits per heavy atom. The Kier molecular flexibility index (Phi) is 5.26. The van der Waals surface area contributed by atoms with Crippen molar-refractivity contribution in [1.29, 1.82) is 0 Å². The number of aliphatic carboxylic acids is 1. The summed E-state index contributed by atoms with van der Waals surface area (Å²) in [7, 11) is 1.61. The van der Waals surface area contributed by atoms with Crippen LogP contribution in [-0.4, -0.2) is 35.1 Å². The summed E-state index contributed by atoms with van der Waals surface area (Å²) in [5.74, 6) is -0.741. The minimum atomic E-state index is -0.819. The third-order valence-corrected chi connectivity index (χ3v) is 5.00. The first-order valence-electron chi connectivity index (χ1n) is 8.75. The molecule has 1 aliphatic rings. The Bertz CT molecular complexity index is 768. The van der Waals surface area contributed by atoms with E-state index in [2.05, 4.69) is 10.3 Å². The molecule has 0 bridgehead atoms. The standard InChI is InChI=1S/C19H24N2O4/c1-25-16-9-5-8-15-18(16)12(11-20-15)10-17(22)21-14-7-4-2-3-6-13(14)19(23)24/h5,8-9,11,13-14,20H,2-4,6-7,10H2,1H3,(H,21,22)(H,23,24)/t13-,14+/m1/s1. The lowest BCUT2D eigenvalue weighted by molar-refractivity contribution is -0.143. The van der Waals surface area contributed by atoms with Gasteiger partial charge < -0.3 is 20.1 Å². The number of carboxylic acid groups (broad SMARTS) is 1. The minimum Gasteiger partial charge on any atom is -0.496 e. The first-order chi connectivity index (χ1) is 12.1. The molecule has 25 heavy (non-hydrogen) atoms. The van der Waals surface area contributed by atoms with Crippen molar-refractivity contribution in [2.75, 3.05) is 7.11 Å². The van der Waals surface area contributed by atoms with Crippen molar-refractivity contribution in [3.63, 3.8) is 0 Å². The number of methoxy groups -OCH3 is 1. The summed E-state index contributed by atoms with van der Waals surface area (Å²) in [6, 6.07) is 5.40. The molecule has 0 aliphatic heterocycles. The van der Waals surface area contributed by atoms with Crippen molar-refractivity contribution in [2.24, 2.45) is 5.92 Å². The number of aromatic amines is 1. The second-order valence-corrected chi connectivity index (χ2v) is 6.63. The summed E-state index contributed by atoms with van der Waals surface area (Å²) in [6.07, 6.45) is 6.24. The van der Waals surface area contributed by atoms with E-state index in [0.29, 0.717) is 6.42 Å². The van der Waals surface area contributed by atoms with Gasteiger partial charge in [0.05, 0.1) is 19.4 Å². The molecule has 1 aliphatic carbocycles. The van der Waals surface area contributed by atoms with E-state index < -0.39 is 11.9 Å². The largest absolute Gasteiger partial charge is 0.496 e. The number of ether oxygens (including phenoxy) is 1. The van der Waals surface area contributed by atoms with Crippen LogP contribution in [0.5, 0.6) is 5.75 Å². The van der Waals surface area contributed by atoms with E-state index in [-0.39, 0.29) is 18.4 Å². The van der Waals surface area contributed by atoms with Crippen molar-refractivity contribution >= 4 is 22.8 Å². The molecule has 0 radical (unpaired) electrons. The van der Waals surface area contributed by atoms with Crippen LogP contribution in [0.2, 0.25) is 0 Å². The molecular formula is C19H24N2O4. The maximum absolute atomic E-state index is 12.5. The van der Waals surface area contributed by atoms with Crippen LogP contribution in [0.15, 0.2) is 24.4 Å². The summed E-state index contributed by atoms with van der Waals surface area (Å²) >= 11 is 0. The third kappa shape index (κ3) is 3.78. The highest BCUT2D eigenvalue weighted by atomic mass is 16.5. The first-order valence-corrected chi connectivity index (χ1v) is 8.75. The molecule has 6 nitrogen and oxygen atoms in total. The molecule has 6 heteroatoms. The predicted octanol–water partition coefficient (Wildman–Crippen LogP) is 2.87. The van der Waals surface area contributed by atoms with Gasteiger partial charge in [0.25, 0.3) is 0 Å². The van der Waals surface area contributed by atoms with Gasteiger partial charge in [-0.05, 0) is 30.5 Å². The van der Waals surface area contributed by atoms with Gasteiger partial charge in [-0.15, -0.1) is 0 Å². The van der Waals surface area contributed by atoms with Crippen molar-refractivity contribution in [2.45, 2.75) is 44.6 Å². The van der Waals surface area contributed by atoms with Crippen LogP contribution in [0.1, 0.15) is 37.7 Å². The number of carbonyl (C=O) groups excluding carboxylic acids is 1. The van der Waals surface area contributed by atoms with Crippen LogP contribution >= 0.6 is 0 Å². The number of rotatable bonds is 5. The maximum Gasteiger partial charge on any atom is 0.308 e. The van der Waals surface area contributed by atoms with Gasteiger partial charge in [0.2, 0.25) is 5.91 Å². The zero-order valence-corrected chi connectivity index (χ0v) is 14.4. The van der Waals surface area contributed by atoms with E-state index in [9.17, 15) is 14.7 Å². The molecule has 1 fully saturated rings. The lowest BCUT2D eigenvalue weighted by Crippen LogP contribution is -2.43. The molecule has 3 N–H and O–H groups in total. The topological polar surface area (TPSA) is 91.4 Å². The SMILES string of the molecule is COc1cccc2[nH]cc(CC(=O)N[C@H]3CCCCC[C@H]3C(=O)O)c12. The molecule has 1 saturated carbocycles. The number of H-pyrrole nitrogens is 1. The van der Waals surface area contributed by atoms with Gasteiger partial charge in [0.15, 0.2) is 0 Å². The molecule has 134 valence electrons. The molecule has 3 rings (SSSR count). The molecule has 2 aromatic rings. The summed E-state index contributed by atoms with van der Waals surface area (Å²) in [4.78, 5) is 27.2. The summed E-state index contributed by atoms with van der Waals surface area (Å²) in [6.45, 7) is 0. The number of carbonyl (C=O) groups is 2. The molecule has 1 aromatic carbocycles. The Morgan fingerprint density at radius 2 is 2.08 bits per heavy atom. The second kappa shape index (κ2) is 7.59. The number of benzene rings is 1. The van der Waals surface area contributed by atoms with Crippen molar-refractivity contribution < 1.29 is 19.4 Å². The van der Waals surface area contributed by atoms with Gasteiger partial charge in [-0.25, -0.2) is 0 Å². The summed E-state index contributed by atoms with van der Waals surface area (Å²) < 4.78 is 5.39. The predicted molar refractivity (Wildman–Crippen MR) is 94.7 cm³/mol. The van der Waals surface area contributed by atoms with Crippen LogP contribution < -0.4 is 10.1 Å². The van der Waals surface area contributed by atoms with Crippen molar-refractivity contribution in [1.82, 2.24) is 10.3 Å². The van der Waals surface area contributed by atoms with E-state index in [1.807, 2.05) is 24.4 Å². The number of hydrogen-bond acceptors (Lipinski definition) is 3. The van der Waals surface area contributed by atoms with Crippen LogP contribution in [0.25, 0.3) is 10.9 Å². The van der Waals surface area contributed by atoms with E-state index in [4.69, 9.17) is 4.74 Å². The molecular weight excluding hydrogens is 320 g/mol. The van der Waals surface area contributed by atoms with Crippen molar-refractivity contribution in [3.8, 4) is 5.75 Å². The number of amides is 1. The fourth-order valence-corrected chi connectivity index (χ4v) is 3.74. The van der Waals surface area contributed by atoms with E-state index in [1.165, 1.54) is 0 Å². The summed E-state index contributed by atoms with van der Waals surface area (Å²) in [5.41, 5.74) is 1.77. The quantitative estimate of drug-likeness (QED) is 0.727. The Morgan fingerprint density at radius 3 is 2.84 bits per heavy atom. The van der Waals surface area contributed by atoms with E-state index in [1.54, 1.807) is 7.11 Å². The maximum atomic E-state index is 12.5. The normalized spacial score (nSPS) is 20.8. The Balaban J connectivity index is 1.75. The van der Waals surface area contributed by atoms with Gasteiger partial charge in [0, 0.05) is 23.1 Å². The highest BCUT2D eigenvalue weighted by molar-refractivity contribution is 5.93. The molecule has 1 aromatic heterocycles. The Labute approximate surface area is 146 Å². The van der Waals surface area contributed by atoms with E-state index in [0.717, 1.165) is 47.9 Å². The van der Waals surface area contributed by atoms with Gasteiger partial charge in [-0.1, -0.05) is 25.3 Å². The fraction of sp³-hybridized carbons (Fsp3) is 0.474. The lowest BCUT2D eigenvalue weighted by Gasteiger charge is -2.22. The van der Waals surface area contributed by atoms with Gasteiger partial charge in [-0.2, -0.15) is 0 Å². The monoisotopic (exact) mass is 344 g/mol. The van der Waals surface area contributed by atoms with Crippen LogP contribution in [0.3, 0.4) is 0 Å². The fourth-order valence-electron chi connectivity index (χ4n) is 3.74. The Hall–Kier alpha value is -2.50. The zero-order chi connectivity index (χ0) is 17.8. The number of fused-ring (bicyclic) bond motifs is 1. The molecule has 2 atom stereocenters. The highest BCUT2D eigenvalue weighted by Crippen LogP contribution is 2.29.